The van der Waals surface area contributed by atoms with E-state index in [9.17, 15) is 22.0 Å². The molecule has 1 N–H and O–H groups in total. The molecule has 1 aromatic rings. The molecule has 6 nitrogen and oxygen atoms in total. The third-order valence-corrected chi connectivity index (χ3v) is 6.68. The molecule has 1 amide bonds. The van der Waals surface area contributed by atoms with Gasteiger partial charge >= 0.3 is 0 Å². The number of hydrogen-bond acceptors (Lipinski definition) is 3. The predicted octanol–water partition coefficient (Wildman–Crippen LogP) is 0.499. The quantitative estimate of drug-likeness (QED) is 0.751. The van der Waals surface area contributed by atoms with Crippen molar-refractivity contribution in [1.82, 2.24) is 9.21 Å². The second-order valence-electron chi connectivity index (χ2n) is 7.39. The molecule has 0 aromatic heterocycles. The van der Waals surface area contributed by atoms with E-state index in [0.717, 1.165) is 17.0 Å². The van der Waals surface area contributed by atoms with Gasteiger partial charge < -0.3 is 9.80 Å². The summed E-state index contributed by atoms with van der Waals surface area (Å²) in [6.07, 6.45) is 0. The lowest BCUT2D eigenvalue weighted by Crippen LogP contribution is -3.15. The van der Waals surface area contributed by atoms with Crippen LogP contribution < -0.4 is 4.90 Å². The van der Waals surface area contributed by atoms with Crippen LogP contribution in [0, 0.1) is 11.6 Å². The van der Waals surface area contributed by atoms with Crippen LogP contribution in [0.1, 0.15) is 27.7 Å². The average molecular weight is 405 g/mol. The van der Waals surface area contributed by atoms with Gasteiger partial charge in [-0.1, -0.05) is 0 Å². The van der Waals surface area contributed by atoms with Crippen LogP contribution in [0.15, 0.2) is 23.1 Å². The van der Waals surface area contributed by atoms with E-state index < -0.39 is 26.6 Å². The fraction of sp³-hybridized carbons (Fsp3) is 0.611. The molecule has 1 aliphatic rings. The number of piperazine rings is 1. The van der Waals surface area contributed by atoms with Crippen LogP contribution in [-0.2, 0) is 14.8 Å². The van der Waals surface area contributed by atoms with Gasteiger partial charge in [-0.2, -0.15) is 4.31 Å². The first-order chi connectivity index (χ1) is 12.5. The molecule has 1 saturated heterocycles. The minimum Gasteiger partial charge on any atom is -0.333 e. The molecule has 0 radical (unpaired) electrons. The van der Waals surface area contributed by atoms with Crippen LogP contribution >= 0.6 is 0 Å². The maximum absolute atomic E-state index is 13.9. The molecule has 1 fully saturated rings. The van der Waals surface area contributed by atoms with Crippen LogP contribution in [0.3, 0.4) is 0 Å². The lowest BCUT2D eigenvalue weighted by molar-refractivity contribution is -0.896. The zero-order valence-electron chi connectivity index (χ0n) is 16.2. The Kier molecular flexibility index (Phi) is 6.93. The van der Waals surface area contributed by atoms with E-state index in [2.05, 4.69) is 0 Å². The van der Waals surface area contributed by atoms with Crippen molar-refractivity contribution < 1.29 is 26.9 Å². The summed E-state index contributed by atoms with van der Waals surface area (Å²) < 4.78 is 53.4. The van der Waals surface area contributed by atoms with E-state index in [-0.39, 0.29) is 31.1 Å². The van der Waals surface area contributed by atoms with Crippen molar-refractivity contribution in [3.8, 4) is 0 Å². The Hall–Kier alpha value is -1.58. The summed E-state index contributed by atoms with van der Waals surface area (Å²) in [5.74, 6) is -1.88. The van der Waals surface area contributed by atoms with E-state index in [1.54, 1.807) is 0 Å². The number of carbonyl (C=O) groups excluding carboxylic acids is 1. The van der Waals surface area contributed by atoms with Crippen LogP contribution in [0.2, 0.25) is 0 Å². The van der Waals surface area contributed by atoms with Gasteiger partial charge in [0.15, 0.2) is 6.54 Å². The maximum atomic E-state index is 13.9. The van der Waals surface area contributed by atoms with E-state index >= 15 is 0 Å². The van der Waals surface area contributed by atoms with Crippen LogP contribution in [0.5, 0.6) is 0 Å². The first kappa shape index (κ1) is 21.7. The Morgan fingerprint density at radius 1 is 1.15 bits per heavy atom. The Morgan fingerprint density at radius 3 is 2.19 bits per heavy atom. The SMILES string of the molecule is CC(C)N(C(=O)C[NH+]1CCN(S(=O)(=O)c2ccc(F)cc2F)CC1)C(C)C. The summed E-state index contributed by atoms with van der Waals surface area (Å²) in [5.41, 5.74) is 0. The van der Waals surface area contributed by atoms with Gasteiger partial charge in [0.2, 0.25) is 10.0 Å². The van der Waals surface area contributed by atoms with Crippen molar-refractivity contribution >= 4 is 15.9 Å². The van der Waals surface area contributed by atoms with Crippen LogP contribution in [0.4, 0.5) is 8.78 Å². The number of benzene rings is 1. The largest absolute Gasteiger partial charge is 0.333 e. The summed E-state index contributed by atoms with van der Waals surface area (Å²) >= 11 is 0. The van der Waals surface area contributed by atoms with Crippen LogP contribution in [0.25, 0.3) is 0 Å². The maximum Gasteiger partial charge on any atom is 0.278 e. The molecular formula is C18H28F2N3O3S+. The predicted molar refractivity (Wildman–Crippen MR) is 97.8 cm³/mol. The normalized spacial score (nSPS) is 16.9. The smallest absolute Gasteiger partial charge is 0.278 e. The number of nitrogens with zero attached hydrogens (tertiary/aromatic N) is 2. The molecule has 0 saturated carbocycles. The Balaban J connectivity index is 2.01. The second-order valence-corrected chi connectivity index (χ2v) is 9.30. The Bertz CT molecular complexity index is 768. The van der Waals surface area contributed by atoms with Crippen molar-refractivity contribution in [2.45, 2.75) is 44.7 Å². The molecule has 1 aromatic carbocycles. The fourth-order valence-electron chi connectivity index (χ4n) is 3.52. The highest BCUT2D eigenvalue weighted by molar-refractivity contribution is 7.89. The molecule has 1 heterocycles. The third-order valence-electron chi connectivity index (χ3n) is 4.74. The molecular weight excluding hydrogens is 376 g/mol. The standard InChI is InChI=1S/C18H27F2N3O3S/c1-13(2)23(14(3)4)18(24)12-21-7-9-22(10-8-21)27(25,26)17-6-5-15(19)11-16(17)20/h5-6,11,13-14H,7-10,12H2,1-4H3/p+1. The lowest BCUT2D eigenvalue weighted by Gasteiger charge is -2.35. The van der Waals surface area contributed by atoms with Crippen molar-refractivity contribution in [2.75, 3.05) is 32.7 Å². The van der Waals surface area contributed by atoms with Gasteiger partial charge in [-0.25, -0.2) is 17.2 Å². The summed E-state index contributed by atoms with van der Waals surface area (Å²) in [4.78, 5) is 14.9. The molecule has 152 valence electrons. The third kappa shape index (κ3) is 5.03. The molecule has 1 aliphatic heterocycles. The van der Waals surface area contributed by atoms with Crippen molar-refractivity contribution in [3.05, 3.63) is 29.8 Å². The van der Waals surface area contributed by atoms with E-state index in [0.29, 0.717) is 25.7 Å². The Morgan fingerprint density at radius 2 is 1.70 bits per heavy atom. The topological polar surface area (TPSA) is 62.1 Å². The van der Waals surface area contributed by atoms with Gasteiger partial charge in [0, 0.05) is 18.2 Å². The summed E-state index contributed by atoms with van der Waals surface area (Å²) in [6, 6.07) is 2.65. The fourth-order valence-corrected chi connectivity index (χ4v) is 5.01. The number of halogens is 2. The number of sulfonamides is 1. The Labute approximate surface area is 159 Å². The summed E-state index contributed by atoms with van der Waals surface area (Å²) in [5, 5.41) is 0. The molecule has 0 spiro atoms. The summed E-state index contributed by atoms with van der Waals surface area (Å²) in [6.45, 7) is 9.45. The van der Waals surface area contributed by atoms with Gasteiger partial charge in [-0.05, 0) is 39.8 Å². The van der Waals surface area contributed by atoms with Gasteiger partial charge in [-0.15, -0.1) is 0 Å². The van der Waals surface area contributed by atoms with E-state index in [1.807, 2.05) is 32.6 Å². The highest BCUT2D eigenvalue weighted by Crippen LogP contribution is 2.20. The summed E-state index contributed by atoms with van der Waals surface area (Å²) in [7, 11) is -4.02. The molecule has 0 unspecified atom stereocenters. The lowest BCUT2D eigenvalue weighted by atomic mass is 10.2. The molecule has 0 aliphatic carbocycles. The van der Waals surface area contributed by atoms with Gasteiger partial charge in [0.05, 0.1) is 26.2 Å². The molecule has 0 bridgehead atoms. The first-order valence-corrected chi connectivity index (χ1v) is 10.6. The van der Waals surface area contributed by atoms with Crippen molar-refractivity contribution in [1.29, 1.82) is 0 Å². The zero-order valence-corrected chi connectivity index (χ0v) is 17.0. The van der Waals surface area contributed by atoms with Gasteiger partial charge in [-0.3, -0.25) is 4.79 Å². The molecule has 2 rings (SSSR count). The zero-order chi connectivity index (χ0) is 20.4. The number of hydrogen-bond donors (Lipinski definition) is 1. The number of amides is 1. The minimum absolute atomic E-state index is 0.0379. The molecule has 27 heavy (non-hydrogen) atoms. The van der Waals surface area contributed by atoms with Crippen molar-refractivity contribution in [3.63, 3.8) is 0 Å². The van der Waals surface area contributed by atoms with Gasteiger partial charge in [0.1, 0.15) is 16.5 Å². The van der Waals surface area contributed by atoms with Crippen LogP contribution in [-0.4, -0.2) is 68.3 Å². The second kappa shape index (κ2) is 8.62. The average Bonchev–Trinajstić information content (AvgIpc) is 2.54. The minimum atomic E-state index is -4.02. The first-order valence-electron chi connectivity index (χ1n) is 9.14. The number of carbonyl (C=O) groups is 1. The van der Waals surface area contributed by atoms with E-state index in [4.69, 9.17) is 0 Å². The number of nitrogens with one attached hydrogen (secondary N) is 1. The molecule has 9 heteroatoms. The van der Waals surface area contributed by atoms with E-state index in [1.165, 1.54) is 4.31 Å². The highest BCUT2D eigenvalue weighted by atomic mass is 32.2. The number of rotatable bonds is 6. The number of quaternary nitrogens is 1. The van der Waals surface area contributed by atoms with Crippen molar-refractivity contribution in [2.24, 2.45) is 0 Å². The molecule has 0 atom stereocenters. The monoisotopic (exact) mass is 404 g/mol. The highest BCUT2D eigenvalue weighted by Gasteiger charge is 2.34. The van der Waals surface area contributed by atoms with Gasteiger partial charge in [0.25, 0.3) is 5.91 Å².